The molecule has 2 aromatic rings. The van der Waals surface area contributed by atoms with Crippen LogP contribution in [0.25, 0.3) is 0 Å². The van der Waals surface area contributed by atoms with Gasteiger partial charge in [-0.15, -0.1) is 0 Å². The number of fused-ring (bicyclic) bond motifs is 1. The highest BCUT2D eigenvalue weighted by Crippen LogP contribution is 2.34. The standard InChI is InChI=1S/C21H28N2O3S/c1-21(2)13-12-17-14-19(10-11-20(17)26-21)27(24,25)23(5)15-16-6-8-18(9-7-16)22(3)4/h6-11,14H,12-13,15H2,1-5H3. The van der Waals surface area contributed by atoms with Gasteiger partial charge in [-0.3, -0.25) is 0 Å². The summed E-state index contributed by atoms with van der Waals surface area (Å²) in [5.74, 6) is 0.784. The van der Waals surface area contributed by atoms with Crippen molar-refractivity contribution in [2.45, 2.75) is 43.7 Å². The van der Waals surface area contributed by atoms with Gasteiger partial charge < -0.3 is 9.64 Å². The number of hydrogen-bond donors (Lipinski definition) is 0. The van der Waals surface area contributed by atoms with Crippen molar-refractivity contribution in [1.82, 2.24) is 4.31 Å². The largest absolute Gasteiger partial charge is 0.488 e. The first kappa shape index (κ1) is 19.7. The van der Waals surface area contributed by atoms with Gasteiger partial charge in [0.05, 0.1) is 4.90 Å². The second kappa shape index (κ2) is 7.17. The van der Waals surface area contributed by atoms with Crippen LogP contribution in [0.3, 0.4) is 0 Å². The molecule has 27 heavy (non-hydrogen) atoms. The van der Waals surface area contributed by atoms with Gasteiger partial charge in [-0.1, -0.05) is 12.1 Å². The fourth-order valence-electron chi connectivity index (χ4n) is 3.22. The van der Waals surface area contributed by atoms with Crippen LogP contribution in [0.2, 0.25) is 0 Å². The third-order valence-electron chi connectivity index (χ3n) is 4.98. The topological polar surface area (TPSA) is 49.9 Å². The molecule has 0 fully saturated rings. The molecule has 2 aromatic carbocycles. The molecule has 3 rings (SSSR count). The normalized spacial score (nSPS) is 15.9. The maximum Gasteiger partial charge on any atom is 0.243 e. The van der Waals surface area contributed by atoms with Crippen LogP contribution < -0.4 is 9.64 Å². The van der Waals surface area contributed by atoms with Crippen LogP contribution in [-0.4, -0.2) is 39.5 Å². The fourth-order valence-corrected chi connectivity index (χ4v) is 4.43. The maximum absolute atomic E-state index is 13.0. The summed E-state index contributed by atoms with van der Waals surface area (Å²) in [6.45, 7) is 4.43. The summed E-state index contributed by atoms with van der Waals surface area (Å²) < 4.78 is 33.4. The molecule has 0 spiro atoms. The first-order valence-corrected chi connectivity index (χ1v) is 10.6. The van der Waals surface area contributed by atoms with Crippen LogP contribution in [0.1, 0.15) is 31.4 Å². The van der Waals surface area contributed by atoms with E-state index in [-0.39, 0.29) is 5.60 Å². The minimum absolute atomic E-state index is 0.205. The van der Waals surface area contributed by atoms with Gasteiger partial charge in [0.2, 0.25) is 10.0 Å². The molecule has 0 radical (unpaired) electrons. The van der Waals surface area contributed by atoms with E-state index < -0.39 is 10.0 Å². The highest BCUT2D eigenvalue weighted by molar-refractivity contribution is 7.89. The molecule has 1 aliphatic rings. The Hall–Kier alpha value is -2.05. The summed E-state index contributed by atoms with van der Waals surface area (Å²) in [4.78, 5) is 2.33. The fraction of sp³-hybridized carbons (Fsp3) is 0.429. The average molecular weight is 389 g/mol. The molecule has 1 aliphatic heterocycles. The SMILES string of the molecule is CN(C)c1ccc(CN(C)S(=O)(=O)c2ccc3c(c2)CCC(C)(C)O3)cc1. The monoisotopic (exact) mass is 388 g/mol. The Labute approximate surface area is 162 Å². The maximum atomic E-state index is 13.0. The van der Waals surface area contributed by atoms with Crippen molar-refractivity contribution >= 4 is 15.7 Å². The van der Waals surface area contributed by atoms with Crippen LogP contribution in [0.5, 0.6) is 5.75 Å². The Morgan fingerprint density at radius 1 is 1.04 bits per heavy atom. The van der Waals surface area contributed by atoms with E-state index in [1.165, 1.54) is 4.31 Å². The van der Waals surface area contributed by atoms with Crippen molar-refractivity contribution in [3.8, 4) is 5.75 Å². The van der Waals surface area contributed by atoms with E-state index in [0.29, 0.717) is 11.4 Å². The molecular weight excluding hydrogens is 360 g/mol. The van der Waals surface area contributed by atoms with Gasteiger partial charge in [0.1, 0.15) is 11.4 Å². The Bertz CT molecular complexity index is 919. The molecule has 0 amide bonds. The summed E-state index contributed by atoms with van der Waals surface area (Å²) in [6, 6.07) is 13.1. The summed E-state index contributed by atoms with van der Waals surface area (Å²) in [5, 5.41) is 0. The van der Waals surface area contributed by atoms with Crippen LogP contribution in [0, 0.1) is 0 Å². The van der Waals surface area contributed by atoms with Crippen LogP contribution in [0.15, 0.2) is 47.4 Å². The smallest absolute Gasteiger partial charge is 0.243 e. The summed E-state index contributed by atoms with van der Waals surface area (Å²) in [5.41, 5.74) is 2.79. The van der Waals surface area contributed by atoms with Crippen LogP contribution >= 0.6 is 0 Å². The first-order chi connectivity index (χ1) is 12.6. The van der Waals surface area contributed by atoms with Gasteiger partial charge in [-0.05, 0) is 68.1 Å². The molecule has 146 valence electrons. The molecular formula is C21H28N2O3S. The zero-order valence-corrected chi connectivity index (χ0v) is 17.5. The number of hydrogen-bond acceptors (Lipinski definition) is 4. The molecule has 0 bridgehead atoms. The molecule has 1 heterocycles. The van der Waals surface area contributed by atoms with Gasteiger partial charge in [-0.2, -0.15) is 4.31 Å². The van der Waals surface area contributed by atoms with E-state index in [0.717, 1.165) is 35.4 Å². The zero-order valence-electron chi connectivity index (χ0n) is 16.7. The number of benzene rings is 2. The van der Waals surface area contributed by atoms with Crippen molar-refractivity contribution in [1.29, 1.82) is 0 Å². The van der Waals surface area contributed by atoms with Gasteiger partial charge in [-0.25, -0.2) is 8.42 Å². The Morgan fingerprint density at radius 2 is 1.70 bits per heavy atom. The summed E-state index contributed by atoms with van der Waals surface area (Å²) in [7, 11) is 2.02. The minimum Gasteiger partial charge on any atom is -0.488 e. The molecule has 0 aliphatic carbocycles. The second-order valence-electron chi connectivity index (χ2n) is 7.95. The zero-order chi connectivity index (χ0) is 19.8. The number of rotatable bonds is 5. The quantitative estimate of drug-likeness (QED) is 0.784. The number of anilines is 1. The molecule has 5 nitrogen and oxygen atoms in total. The molecule has 0 unspecified atom stereocenters. The second-order valence-corrected chi connectivity index (χ2v) is 10.00. The Kier molecular flexibility index (Phi) is 5.23. The third kappa shape index (κ3) is 4.28. The molecule has 0 aromatic heterocycles. The Balaban J connectivity index is 1.79. The van der Waals surface area contributed by atoms with Crippen molar-refractivity contribution in [2.75, 3.05) is 26.0 Å². The van der Waals surface area contributed by atoms with Gasteiger partial charge >= 0.3 is 0 Å². The van der Waals surface area contributed by atoms with E-state index in [1.54, 1.807) is 25.2 Å². The molecule has 0 atom stereocenters. The third-order valence-corrected chi connectivity index (χ3v) is 6.78. The predicted octanol–water partition coefficient (Wildman–Crippen LogP) is 3.68. The number of ether oxygens (including phenoxy) is 1. The van der Waals surface area contributed by atoms with Crippen LogP contribution in [-0.2, 0) is 23.0 Å². The lowest BCUT2D eigenvalue weighted by atomic mass is 9.94. The Morgan fingerprint density at radius 3 is 2.33 bits per heavy atom. The molecule has 0 saturated heterocycles. The van der Waals surface area contributed by atoms with Crippen LogP contribution in [0.4, 0.5) is 5.69 Å². The molecule has 6 heteroatoms. The van der Waals surface area contributed by atoms with Gasteiger partial charge in [0.25, 0.3) is 0 Å². The number of aryl methyl sites for hydroxylation is 1. The van der Waals surface area contributed by atoms with E-state index in [9.17, 15) is 8.42 Å². The highest BCUT2D eigenvalue weighted by atomic mass is 32.2. The first-order valence-electron chi connectivity index (χ1n) is 9.13. The average Bonchev–Trinajstić information content (AvgIpc) is 2.60. The van der Waals surface area contributed by atoms with E-state index >= 15 is 0 Å². The van der Waals surface area contributed by atoms with E-state index in [2.05, 4.69) is 13.8 Å². The summed E-state index contributed by atoms with van der Waals surface area (Å²) >= 11 is 0. The minimum atomic E-state index is -3.56. The van der Waals surface area contributed by atoms with E-state index in [4.69, 9.17) is 4.74 Å². The van der Waals surface area contributed by atoms with Crippen molar-refractivity contribution < 1.29 is 13.2 Å². The van der Waals surface area contributed by atoms with Gasteiger partial charge in [0, 0.05) is 33.4 Å². The lowest BCUT2D eigenvalue weighted by Gasteiger charge is -2.32. The van der Waals surface area contributed by atoms with Crippen molar-refractivity contribution in [3.05, 3.63) is 53.6 Å². The number of sulfonamides is 1. The van der Waals surface area contributed by atoms with Gasteiger partial charge in [0.15, 0.2) is 0 Å². The highest BCUT2D eigenvalue weighted by Gasteiger charge is 2.28. The molecule has 0 N–H and O–H groups in total. The lowest BCUT2D eigenvalue weighted by molar-refractivity contribution is 0.0845. The molecule has 0 saturated carbocycles. The number of nitrogens with zero attached hydrogens (tertiary/aromatic N) is 2. The van der Waals surface area contributed by atoms with Crippen molar-refractivity contribution in [2.24, 2.45) is 0 Å². The summed E-state index contributed by atoms with van der Waals surface area (Å²) in [6.07, 6.45) is 1.69. The van der Waals surface area contributed by atoms with Crippen molar-refractivity contribution in [3.63, 3.8) is 0 Å². The van der Waals surface area contributed by atoms with E-state index in [1.807, 2.05) is 43.3 Å². The predicted molar refractivity (Wildman–Crippen MR) is 109 cm³/mol. The lowest BCUT2D eigenvalue weighted by Crippen LogP contribution is -2.33.